The van der Waals surface area contributed by atoms with Crippen molar-refractivity contribution in [3.63, 3.8) is 0 Å². The van der Waals surface area contributed by atoms with E-state index in [1.54, 1.807) is 10.9 Å². The molecule has 1 aromatic heterocycles. The molecule has 72 valence electrons. The molecule has 0 radical (unpaired) electrons. The summed E-state index contributed by atoms with van der Waals surface area (Å²) < 4.78 is 2.21. The van der Waals surface area contributed by atoms with Crippen LogP contribution in [0.4, 0.5) is 0 Å². The molecule has 0 unspecified atom stereocenters. The summed E-state index contributed by atoms with van der Waals surface area (Å²) in [5.74, 6) is 0. The quantitative estimate of drug-likeness (QED) is 0.817. The van der Waals surface area contributed by atoms with E-state index in [1.165, 1.54) is 0 Å². The summed E-state index contributed by atoms with van der Waals surface area (Å²) in [6, 6.07) is 0. The Morgan fingerprint density at radius 2 is 2.31 bits per heavy atom. The molecule has 0 N–H and O–H groups in total. The summed E-state index contributed by atoms with van der Waals surface area (Å²) >= 11 is 3.23. The number of nitrogens with zero attached hydrogens (tertiary/aromatic N) is 2. The Morgan fingerprint density at radius 3 is 2.92 bits per heavy atom. The van der Waals surface area contributed by atoms with Crippen molar-refractivity contribution < 1.29 is 0 Å². The van der Waals surface area contributed by atoms with E-state index in [4.69, 9.17) is 0 Å². The van der Waals surface area contributed by atoms with Crippen LogP contribution in [-0.4, -0.2) is 9.55 Å². The lowest BCUT2D eigenvalue weighted by atomic mass is 10.3. The molecule has 0 fully saturated rings. The molecule has 4 heteroatoms. The molecule has 0 aromatic carbocycles. The molecule has 1 aromatic rings. The minimum atomic E-state index is 0.0148. The van der Waals surface area contributed by atoms with Crippen LogP contribution in [0.25, 0.3) is 0 Å². The topological polar surface area (TPSA) is 34.9 Å². The van der Waals surface area contributed by atoms with E-state index in [-0.39, 0.29) is 5.56 Å². The summed E-state index contributed by atoms with van der Waals surface area (Å²) in [6.45, 7) is 4.67. The SMILES string of the molecule is CCCCn1cnc(C)c(Br)c1=O. The minimum Gasteiger partial charge on any atom is -0.298 e. The third-order valence-electron chi connectivity index (χ3n) is 1.91. The van der Waals surface area contributed by atoms with Crippen molar-refractivity contribution in [2.24, 2.45) is 0 Å². The van der Waals surface area contributed by atoms with E-state index >= 15 is 0 Å². The Morgan fingerprint density at radius 1 is 1.62 bits per heavy atom. The highest BCUT2D eigenvalue weighted by Crippen LogP contribution is 2.06. The van der Waals surface area contributed by atoms with Crippen LogP contribution in [-0.2, 0) is 6.54 Å². The van der Waals surface area contributed by atoms with Crippen LogP contribution in [0.5, 0.6) is 0 Å². The Hall–Kier alpha value is -0.640. The van der Waals surface area contributed by atoms with E-state index in [0.29, 0.717) is 4.47 Å². The van der Waals surface area contributed by atoms with Crippen LogP contribution in [0.1, 0.15) is 25.5 Å². The van der Waals surface area contributed by atoms with Gasteiger partial charge in [-0.3, -0.25) is 9.36 Å². The van der Waals surface area contributed by atoms with E-state index in [0.717, 1.165) is 25.1 Å². The molecule has 0 bridgehead atoms. The highest BCUT2D eigenvalue weighted by Gasteiger charge is 2.03. The zero-order valence-corrected chi connectivity index (χ0v) is 9.47. The van der Waals surface area contributed by atoms with Gasteiger partial charge in [-0.2, -0.15) is 0 Å². The average molecular weight is 245 g/mol. The molecular weight excluding hydrogens is 232 g/mol. The first-order valence-electron chi connectivity index (χ1n) is 4.38. The van der Waals surface area contributed by atoms with Gasteiger partial charge in [0.2, 0.25) is 0 Å². The number of unbranched alkanes of at least 4 members (excludes halogenated alkanes) is 1. The molecule has 0 aliphatic heterocycles. The largest absolute Gasteiger partial charge is 0.298 e. The maximum Gasteiger partial charge on any atom is 0.267 e. The predicted octanol–water partition coefficient (Wildman–Crippen LogP) is 2.11. The second kappa shape index (κ2) is 4.56. The Kier molecular flexibility index (Phi) is 3.66. The van der Waals surface area contributed by atoms with Crippen molar-refractivity contribution in [3.8, 4) is 0 Å². The van der Waals surface area contributed by atoms with Gasteiger partial charge in [0.15, 0.2) is 0 Å². The third-order valence-corrected chi connectivity index (χ3v) is 2.82. The van der Waals surface area contributed by atoms with E-state index in [9.17, 15) is 4.79 Å². The second-order valence-corrected chi connectivity index (χ2v) is 3.79. The van der Waals surface area contributed by atoms with Gasteiger partial charge in [-0.05, 0) is 29.3 Å². The predicted molar refractivity (Wildman–Crippen MR) is 55.8 cm³/mol. The monoisotopic (exact) mass is 244 g/mol. The Balaban J connectivity index is 2.97. The molecule has 13 heavy (non-hydrogen) atoms. The maximum atomic E-state index is 11.6. The fourth-order valence-electron chi connectivity index (χ4n) is 1.03. The van der Waals surface area contributed by atoms with Crippen molar-refractivity contribution in [2.75, 3.05) is 0 Å². The number of hydrogen-bond acceptors (Lipinski definition) is 2. The molecule has 0 amide bonds. The van der Waals surface area contributed by atoms with Crippen molar-refractivity contribution in [1.29, 1.82) is 0 Å². The zero-order chi connectivity index (χ0) is 9.84. The van der Waals surface area contributed by atoms with Gasteiger partial charge in [-0.15, -0.1) is 0 Å². The first-order chi connectivity index (χ1) is 6.16. The van der Waals surface area contributed by atoms with Crippen molar-refractivity contribution in [3.05, 3.63) is 26.8 Å². The van der Waals surface area contributed by atoms with Crippen molar-refractivity contribution >= 4 is 15.9 Å². The standard InChI is InChI=1S/C9H13BrN2O/c1-3-4-5-12-6-11-7(2)8(10)9(12)13/h6H,3-5H2,1-2H3. The summed E-state index contributed by atoms with van der Waals surface area (Å²) in [5.41, 5.74) is 0.763. The molecule has 0 aliphatic carbocycles. The molecular formula is C9H13BrN2O. The highest BCUT2D eigenvalue weighted by atomic mass is 79.9. The van der Waals surface area contributed by atoms with Crippen molar-refractivity contribution in [2.45, 2.75) is 33.2 Å². The number of hydrogen-bond donors (Lipinski definition) is 0. The zero-order valence-electron chi connectivity index (χ0n) is 7.88. The van der Waals surface area contributed by atoms with E-state index in [2.05, 4.69) is 27.8 Å². The lowest BCUT2D eigenvalue weighted by Crippen LogP contribution is -2.22. The van der Waals surface area contributed by atoms with Gasteiger partial charge in [0.25, 0.3) is 5.56 Å². The van der Waals surface area contributed by atoms with Gasteiger partial charge >= 0.3 is 0 Å². The molecule has 0 saturated heterocycles. The fraction of sp³-hybridized carbons (Fsp3) is 0.556. The van der Waals surface area contributed by atoms with Gasteiger partial charge in [0, 0.05) is 6.54 Å². The Bertz CT molecular complexity index is 346. The molecule has 0 saturated carbocycles. The summed E-state index contributed by atoms with van der Waals surface area (Å²) in [7, 11) is 0. The van der Waals surface area contributed by atoms with Crippen LogP contribution in [0.15, 0.2) is 15.6 Å². The number of aromatic nitrogens is 2. The van der Waals surface area contributed by atoms with Gasteiger partial charge in [0.1, 0.15) is 4.47 Å². The van der Waals surface area contributed by atoms with Crippen molar-refractivity contribution in [1.82, 2.24) is 9.55 Å². The van der Waals surface area contributed by atoms with Crippen LogP contribution in [0, 0.1) is 6.92 Å². The first kappa shape index (κ1) is 10.4. The minimum absolute atomic E-state index is 0.0148. The summed E-state index contributed by atoms with van der Waals surface area (Å²) in [5, 5.41) is 0. The fourth-order valence-corrected chi connectivity index (χ4v) is 1.36. The first-order valence-corrected chi connectivity index (χ1v) is 5.17. The van der Waals surface area contributed by atoms with Crippen LogP contribution in [0.2, 0.25) is 0 Å². The lowest BCUT2D eigenvalue weighted by Gasteiger charge is -2.05. The Labute approximate surface area is 85.9 Å². The van der Waals surface area contributed by atoms with Crippen LogP contribution < -0.4 is 5.56 Å². The molecule has 1 rings (SSSR count). The van der Waals surface area contributed by atoms with Crippen LogP contribution in [0.3, 0.4) is 0 Å². The summed E-state index contributed by atoms with van der Waals surface area (Å²) in [6.07, 6.45) is 3.70. The molecule has 1 heterocycles. The van der Waals surface area contributed by atoms with Gasteiger partial charge in [-0.1, -0.05) is 13.3 Å². The molecule has 0 aliphatic rings. The summed E-state index contributed by atoms with van der Waals surface area (Å²) in [4.78, 5) is 15.7. The normalized spacial score (nSPS) is 10.4. The second-order valence-electron chi connectivity index (χ2n) is 3.00. The molecule has 3 nitrogen and oxygen atoms in total. The number of rotatable bonds is 3. The third kappa shape index (κ3) is 2.40. The van der Waals surface area contributed by atoms with Gasteiger partial charge in [0.05, 0.1) is 12.0 Å². The van der Waals surface area contributed by atoms with E-state index < -0.39 is 0 Å². The smallest absolute Gasteiger partial charge is 0.267 e. The highest BCUT2D eigenvalue weighted by molar-refractivity contribution is 9.10. The lowest BCUT2D eigenvalue weighted by molar-refractivity contribution is 0.598. The average Bonchev–Trinajstić information content (AvgIpc) is 2.13. The van der Waals surface area contributed by atoms with E-state index in [1.807, 2.05) is 6.92 Å². The van der Waals surface area contributed by atoms with Crippen LogP contribution >= 0.6 is 15.9 Å². The van der Waals surface area contributed by atoms with Gasteiger partial charge in [-0.25, -0.2) is 4.98 Å². The number of aryl methyl sites for hydroxylation is 2. The molecule has 0 atom stereocenters. The molecule has 0 spiro atoms. The van der Waals surface area contributed by atoms with Gasteiger partial charge < -0.3 is 0 Å². The maximum absolute atomic E-state index is 11.6. The number of halogens is 1.